The molecule has 3 rings (SSSR count). The summed E-state index contributed by atoms with van der Waals surface area (Å²) < 4.78 is 33.4. The topological polar surface area (TPSA) is 103 Å². The predicted octanol–water partition coefficient (Wildman–Crippen LogP) is 1.91. The summed E-state index contributed by atoms with van der Waals surface area (Å²) in [5, 5.41) is 4.19. The first kappa shape index (κ1) is 17.6. The number of aromatic nitrogens is 3. The lowest BCUT2D eigenvalue weighted by Crippen LogP contribution is -2.14. The van der Waals surface area contributed by atoms with Crippen LogP contribution >= 0.6 is 0 Å². The van der Waals surface area contributed by atoms with Crippen molar-refractivity contribution in [3.05, 3.63) is 72.2 Å². The molecule has 0 fully saturated rings. The number of methoxy groups -OCH3 is 1. The summed E-state index contributed by atoms with van der Waals surface area (Å²) in [6, 6.07) is 12.5. The zero-order valence-corrected chi connectivity index (χ0v) is 14.7. The van der Waals surface area contributed by atoms with Gasteiger partial charge in [-0.1, -0.05) is 6.07 Å². The first-order valence-electron chi connectivity index (χ1n) is 7.62. The molecule has 0 saturated heterocycles. The largest absolute Gasteiger partial charge is 0.465 e. The molecule has 0 aliphatic rings. The van der Waals surface area contributed by atoms with Crippen LogP contribution < -0.4 is 4.72 Å². The zero-order valence-electron chi connectivity index (χ0n) is 13.9. The minimum Gasteiger partial charge on any atom is -0.465 e. The molecular weight excluding hydrogens is 356 g/mol. The standard InChI is InChI=1S/C17H16N4O4S/c1-25-17(22)13-5-7-15(8-6-13)26(23,24)20-16-9-11-21(19-16)12-14-4-2-3-10-18-14/h2-11H,12H2,1H3,(H,19,20). The molecule has 0 saturated carbocycles. The third kappa shape index (κ3) is 4.06. The van der Waals surface area contributed by atoms with E-state index in [0.29, 0.717) is 6.54 Å². The summed E-state index contributed by atoms with van der Waals surface area (Å²) in [6.45, 7) is 0.427. The molecule has 0 aliphatic heterocycles. The van der Waals surface area contributed by atoms with Crippen molar-refractivity contribution in [2.75, 3.05) is 11.8 Å². The van der Waals surface area contributed by atoms with Crippen LogP contribution in [-0.4, -0.2) is 36.3 Å². The average Bonchev–Trinajstić information content (AvgIpc) is 3.08. The van der Waals surface area contributed by atoms with Gasteiger partial charge in [0.05, 0.1) is 29.8 Å². The second-order valence-electron chi connectivity index (χ2n) is 5.34. The van der Waals surface area contributed by atoms with E-state index in [1.54, 1.807) is 23.1 Å². The second-order valence-corrected chi connectivity index (χ2v) is 7.02. The highest BCUT2D eigenvalue weighted by molar-refractivity contribution is 7.92. The van der Waals surface area contributed by atoms with Gasteiger partial charge in [0, 0.05) is 18.5 Å². The van der Waals surface area contributed by atoms with Crippen LogP contribution in [0.1, 0.15) is 16.1 Å². The molecule has 2 heterocycles. The second kappa shape index (κ2) is 7.36. The monoisotopic (exact) mass is 372 g/mol. The van der Waals surface area contributed by atoms with Crippen LogP contribution in [0.4, 0.5) is 5.82 Å². The highest BCUT2D eigenvalue weighted by Gasteiger charge is 2.16. The van der Waals surface area contributed by atoms with Crippen LogP contribution in [0.25, 0.3) is 0 Å². The minimum atomic E-state index is -3.82. The van der Waals surface area contributed by atoms with Crippen LogP contribution in [0, 0.1) is 0 Å². The third-order valence-electron chi connectivity index (χ3n) is 3.52. The third-order valence-corrected chi connectivity index (χ3v) is 4.89. The molecular formula is C17H16N4O4S. The number of carbonyl (C=O) groups is 1. The maximum atomic E-state index is 12.4. The van der Waals surface area contributed by atoms with Crippen molar-refractivity contribution in [3.63, 3.8) is 0 Å². The molecule has 26 heavy (non-hydrogen) atoms. The molecule has 8 nitrogen and oxygen atoms in total. The minimum absolute atomic E-state index is 0.0180. The lowest BCUT2D eigenvalue weighted by molar-refractivity contribution is 0.0600. The van der Waals surface area contributed by atoms with E-state index < -0.39 is 16.0 Å². The first-order valence-corrected chi connectivity index (χ1v) is 9.11. The van der Waals surface area contributed by atoms with Gasteiger partial charge in [-0.05, 0) is 36.4 Å². The van der Waals surface area contributed by atoms with E-state index in [1.165, 1.54) is 31.4 Å². The van der Waals surface area contributed by atoms with Crippen molar-refractivity contribution in [1.82, 2.24) is 14.8 Å². The Morgan fingerprint density at radius 1 is 1.15 bits per heavy atom. The molecule has 9 heteroatoms. The van der Waals surface area contributed by atoms with Gasteiger partial charge in [0.1, 0.15) is 0 Å². The van der Waals surface area contributed by atoms with Crippen LogP contribution in [0.2, 0.25) is 0 Å². The van der Waals surface area contributed by atoms with Crippen LogP contribution in [0.15, 0.2) is 65.8 Å². The molecule has 0 amide bonds. The fourth-order valence-corrected chi connectivity index (χ4v) is 3.24. The molecule has 0 spiro atoms. The number of anilines is 1. The number of hydrogen-bond acceptors (Lipinski definition) is 6. The number of hydrogen-bond donors (Lipinski definition) is 1. The number of esters is 1. The van der Waals surface area contributed by atoms with Crippen LogP contribution in [-0.2, 0) is 21.3 Å². The molecule has 0 radical (unpaired) electrons. The maximum Gasteiger partial charge on any atom is 0.337 e. The van der Waals surface area contributed by atoms with Gasteiger partial charge in [-0.15, -0.1) is 0 Å². The van der Waals surface area contributed by atoms with E-state index in [0.717, 1.165) is 5.69 Å². The molecule has 3 aromatic rings. The molecule has 1 N–H and O–H groups in total. The van der Waals surface area contributed by atoms with Crippen molar-refractivity contribution in [2.45, 2.75) is 11.4 Å². The van der Waals surface area contributed by atoms with Crippen molar-refractivity contribution >= 4 is 21.8 Å². The van der Waals surface area contributed by atoms with Gasteiger partial charge >= 0.3 is 5.97 Å². The van der Waals surface area contributed by atoms with E-state index in [4.69, 9.17) is 0 Å². The van der Waals surface area contributed by atoms with Crippen molar-refractivity contribution in [3.8, 4) is 0 Å². The summed E-state index contributed by atoms with van der Waals surface area (Å²) in [5.41, 5.74) is 1.08. The maximum absolute atomic E-state index is 12.4. The van der Waals surface area contributed by atoms with E-state index in [2.05, 4.69) is 19.5 Å². The molecule has 134 valence electrons. The number of ether oxygens (including phenoxy) is 1. The Bertz CT molecular complexity index is 999. The summed E-state index contributed by atoms with van der Waals surface area (Å²) in [7, 11) is -2.56. The highest BCUT2D eigenvalue weighted by Crippen LogP contribution is 2.16. The number of nitrogens with zero attached hydrogens (tertiary/aromatic N) is 3. The van der Waals surface area contributed by atoms with Gasteiger partial charge in [0.2, 0.25) is 0 Å². The number of sulfonamides is 1. The van der Waals surface area contributed by atoms with Gasteiger partial charge < -0.3 is 4.74 Å². The SMILES string of the molecule is COC(=O)c1ccc(S(=O)(=O)Nc2ccn(Cc3ccccn3)n2)cc1. The summed E-state index contributed by atoms with van der Waals surface area (Å²) in [6.07, 6.45) is 3.34. The number of pyridine rings is 1. The van der Waals surface area contributed by atoms with Crippen LogP contribution in [0.5, 0.6) is 0 Å². The fourth-order valence-electron chi connectivity index (χ4n) is 2.25. The van der Waals surface area contributed by atoms with Gasteiger partial charge in [-0.2, -0.15) is 5.10 Å². The quantitative estimate of drug-likeness (QED) is 0.663. The molecule has 0 bridgehead atoms. The average molecular weight is 372 g/mol. The summed E-state index contributed by atoms with van der Waals surface area (Å²) in [4.78, 5) is 15.6. The van der Waals surface area contributed by atoms with Gasteiger partial charge in [0.25, 0.3) is 10.0 Å². The summed E-state index contributed by atoms with van der Waals surface area (Å²) in [5.74, 6) is -0.340. The fraction of sp³-hybridized carbons (Fsp3) is 0.118. The normalized spacial score (nSPS) is 11.1. The Morgan fingerprint density at radius 2 is 1.92 bits per heavy atom. The van der Waals surface area contributed by atoms with Crippen LogP contribution in [0.3, 0.4) is 0 Å². The Kier molecular flexibility index (Phi) is 4.99. The molecule has 1 aromatic carbocycles. The van der Waals surface area contributed by atoms with E-state index >= 15 is 0 Å². The lowest BCUT2D eigenvalue weighted by Gasteiger charge is -2.06. The first-order chi connectivity index (χ1) is 12.5. The molecule has 0 aliphatic carbocycles. The zero-order chi connectivity index (χ0) is 18.6. The number of nitrogens with one attached hydrogen (secondary N) is 1. The van der Waals surface area contributed by atoms with E-state index in [-0.39, 0.29) is 16.3 Å². The van der Waals surface area contributed by atoms with Crippen molar-refractivity contribution < 1.29 is 17.9 Å². The Hall–Kier alpha value is -3.20. The number of rotatable bonds is 6. The van der Waals surface area contributed by atoms with Crippen molar-refractivity contribution in [1.29, 1.82) is 0 Å². The summed E-state index contributed by atoms with van der Waals surface area (Å²) >= 11 is 0. The van der Waals surface area contributed by atoms with E-state index in [9.17, 15) is 13.2 Å². The van der Waals surface area contributed by atoms with Gasteiger partial charge in [-0.3, -0.25) is 14.4 Å². The lowest BCUT2D eigenvalue weighted by atomic mass is 10.2. The van der Waals surface area contributed by atoms with Gasteiger partial charge in [-0.25, -0.2) is 13.2 Å². The Labute approximate surface area is 150 Å². The number of benzene rings is 1. The van der Waals surface area contributed by atoms with E-state index in [1.807, 2.05) is 18.2 Å². The molecule has 0 atom stereocenters. The Morgan fingerprint density at radius 3 is 2.58 bits per heavy atom. The molecule has 2 aromatic heterocycles. The molecule has 0 unspecified atom stereocenters. The highest BCUT2D eigenvalue weighted by atomic mass is 32.2. The smallest absolute Gasteiger partial charge is 0.337 e. The number of carbonyl (C=O) groups excluding carboxylic acids is 1. The van der Waals surface area contributed by atoms with Crippen molar-refractivity contribution in [2.24, 2.45) is 0 Å². The van der Waals surface area contributed by atoms with Gasteiger partial charge in [0.15, 0.2) is 5.82 Å². The predicted molar refractivity (Wildman–Crippen MR) is 94.2 cm³/mol. The Balaban J connectivity index is 1.72.